The zero-order valence-corrected chi connectivity index (χ0v) is 20.8. The zero-order valence-electron chi connectivity index (χ0n) is 20.8. The number of halogens is 2. The molecule has 3 aromatic rings. The molecule has 3 heterocycles. The molecule has 8 nitrogen and oxygen atoms in total. The van der Waals surface area contributed by atoms with Crippen molar-refractivity contribution in [2.75, 3.05) is 6.54 Å². The number of fused-ring (bicyclic) bond motifs is 1. The van der Waals surface area contributed by atoms with Gasteiger partial charge in [-0.25, -0.2) is 13.8 Å². The molecule has 2 aromatic heterocycles. The van der Waals surface area contributed by atoms with Gasteiger partial charge in [-0.3, -0.25) is 14.3 Å². The molecular weight excluding hydrogens is 478 g/mol. The van der Waals surface area contributed by atoms with E-state index in [1.165, 1.54) is 25.7 Å². The van der Waals surface area contributed by atoms with E-state index in [-0.39, 0.29) is 24.3 Å². The van der Waals surface area contributed by atoms with E-state index in [9.17, 15) is 18.4 Å². The average Bonchev–Trinajstić information content (AvgIpc) is 3.79. The summed E-state index contributed by atoms with van der Waals surface area (Å²) >= 11 is 0. The number of aromatic nitrogens is 4. The third-order valence-electron chi connectivity index (χ3n) is 8.03. The molecule has 2 amide bonds. The van der Waals surface area contributed by atoms with Crippen LogP contribution in [0.5, 0.6) is 0 Å². The number of H-pyrrole nitrogens is 1. The Balaban J connectivity index is 1.28. The highest BCUT2D eigenvalue weighted by Crippen LogP contribution is 2.54. The molecular formula is C27H32F2N6O2. The lowest BCUT2D eigenvalue weighted by atomic mass is 9.88. The minimum absolute atomic E-state index is 0.166. The van der Waals surface area contributed by atoms with Crippen molar-refractivity contribution in [3.63, 3.8) is 0 Å². The first-order chi connectivity index (χ1) is 17.8. The number of amides is 2. The number of nitrogens with zero attached hydrogens (tertiary/aromatic N) is 3. The Morgan fingerprint density at radius 1 is 1.22 bits per heavy atom. The zero-order chi connectivity index (χ0) is 25.7. The molecule has 3 aliphatic rings. The second kappa shape index (κ2) is 9.22. The molecule has 3 fully saturated rings. The summed E-state index contributed by atoms with van der Waals surface area (Å²) in [5, 5.41) is 9.85. The molecule has 2 unspecified atom stereocenters. The van der Waals surface area contributed by atoms with Gasteiger partial charge in [0.25, 0.3) is 11.8 Å². The number of imidazole rings is 1. The van der Waals surface area contributed by atoms with Gasteiger partial charge in [0.15, 0.2) is 0 Å². The molecule has 1 aromatic carbocycles. The van der Waals surface area contributed by atoms with Gasteiger partial charge in [-0.15, -0.1) is 0 Å². The number of rotatable bonds is 9. The summed E-state index contributed by atoms with van der Waals surface area (Å²) in [5.41, 5.74) is 2.85. The van der Waals surface area contributed by atoms with E-state index < -0.39 is 24.8 Å². The highest BCUT2D eigenvalue weighted by molar-refractivity contribution is 5.92. The molecule has 6 rings (SSSR count). The van der Waals surface area contributed by atoms with Crippen molar-refractivity contribution < 1.29 is 18.4 Å². The van der Waals surface area contributed by atoms with Gasteiger partial charge in [0.2, 0.25) is 5.91 Å². The second-order valence-corrected chi connectivity index (χ2v) is 10.9. The summed E-state index contributed by atoms with van der Waals surface area (Å²) in [6.45, 7) is 1.96. The first kappa shape index (κ1) is 24.1. The molecule has 1 saturated heterocycles. The van der Waals surface area contributed by atoms with Crippen molar-refractivity contribution in [1.82, 2.24) is 30.4 Å². The Morgan fingerprint density at radius 3 is 2.68 bits per heavy atom. The number of aryl methyl sites for hydroxylation is 1. The lowest BCUT2D eigenvalue weighted by Gasteiger charge is -2.28. The first-order valence-corrected chi connectivity index (χ1v) is 13.3. The van der Waals surface area contributed by atoms with E-state index in [1.807, 2.05) is 25.1 Å². The Bertz CT molecular complexity index is 1310. The summed E-state index contributed by atoms with van der Waals surface area (Å²) in [5.74, 6) is -1.98. The van der Waals surface area contributed by atoms with Crippen LogP contribution >= 0.6 is 0 Å². The van der Waals surface area contributed by atoms with Crippen molar-refractivity contribution in [3.05, 3.63) is 47.5 Å². The van der Waals surface area contributed by atoms with Crippen LogP contribution in [0.25, 0.3) is 11.0 Å². The molecule has 2 saturated carbocycles. The van der Waals surface area contributed by atoms with Gasteiger partial charge < -0.3 is 15.6 Å². The molecule has 2 aliphatic carbocycles. The Kier molecular flexibility index (Phi) is 6.00. The molecule has 0 radical (unpaired) electrons. The number of piperidine rings is 1. The van der Waals surface area contributed by atoms with Gasteiger partial charge in [0, 0.05) is 25.1 Å². The van der Waals surface area contributed by atoms with Crippen LogP contribution in [0.2, 0.25) is 0 Å². The van der Waals surface area contributed by atoms with Crippen LogP contribution in [0.3, 0.4) is 0 Å². The van der Waals surface area contributed by atoms with E-state index in [4.69, 9.17) is 4.98 Å². The Labute approximate surface area is 213 Å². The van der Waals surface area contributed by atoms with Gasteiger partial charge in [0.05, 0.1) is 23.6 Å². The summed E-state index contributed by atoms with van der Waals surface area (Å²) in [4.78, 5) is 33.8. The number of hydrogen-bond acceptors (Lipinski definition) is 4. The molecule has 0 bridgehead atoms. The van der Waals surface area contributed by atoms with Crippen LogP contribution in [-0.2, 0) is 17.8 Å². The van der Waals surface area contributed by atoms with Crippen LogP contribution in [0.4, 0.5) is 8.78 Å². The standard InChI is InChI=1S/C27H32F2N6O2/c1-2-35-21(9-10-31-35)26(37)34-23(22(16-4-5-16)17-6-7-17)24-32-19-8-3-15(12-20(19)33-24)11-18-13-27(28,29)14-30-25(18)36/h3,8-10,12,16-18,22-23H,2,4-7,11,13-14H2,1H3,(H,30,36)(H,32,33)(H,34,37). The SMILES string of the molecule is CCn1nccc1C(=O)NC(c1nc2ccc(CC3CC(F)(F)CNC3=O)cc2[nH]1)C(C1CC1)C1CC1. The normalized spacial score (nSPS) is 22.3. The van der Waals surface area contributed by atoms with E-state index in [0.29, 0.717) is 35.8 Å². The Morgan fingerprint density at radius 2 is 1.97 bits per heavy atom. The number of carbonyl (C=O) groups excluding carboxylic acids is 2. The third kappa shape index (κ3) is 4.98. The lowest BCUT2D eigenvalue weighted by molar-refractivity contribution is -0.136. The van der Waals surface area contributed by atoms with Crippen LogP contribution < -0.4 is 10.6 Å². The maximum atomic E-state index is 13.9. The molecule has 3 N–H and O–H groups in total. The van der Waals surface area contributed by atoms with Crippen molar-refractivity contribution in [2.24, 2.45) is 23.7 Å². The molecule has 1 aliphatic heterocycles. The van der Waals surface area contributed by atoms with Gasteiger partial charge >= 0.3 is 0 Å². The third-order valence-corrected chi connectivity index (χ3v) is 8.03. The van der Waals surface area contributed by atoms with E-state index in [1.54, 1.807) is 16.9 Å². The minimum atomic E-state index is -2.89. The van der Waals surface area contributed by atoms with Crippen LogP contribution in [0.1, 0.15) is 66.9 Å². The van der Waals surface area contributed by atoms with Crippen molar-refractivity contribution in [1.29, 1.82) is 0 Å². The summed E-state index contributed by atoms with van der Waals surface area (Å²) in [7, 11) is 0. The van der Waals surface area contributed by atoms with E-state index >= 15 is 0 Å². The molecule has 2 atom stereocenters. The maximum absolute atomic E-state index is 13.9. The van der Waals surface area contributed by atoms with Crippen LogP contribution in [0, 0.1) is 23.7 Å². The fraction of sp³-hybridized carbons (Fsp3) is 0.556. The fourth-order valence-electron chi connectivity index (χ4n) is 5.92. The van der Waals surface area contributed by atoms with Crippen LogP contribution in [-0.4, -0.2) is 44.0 Å². The van der Waals surface area contributed by atoms with E-state index in [0.717, 1.165) is 16.6 Å². The van der Waals surface area contributed by atoms with E-state index in [2.05, 4.69) is 20.7 Å². The Hall–Kier alpha value is -3.30. The minimum Gasteiger partial charge on any atom is -0.350 e. The van der Waals surface area contributed by atoms with Gasteiger partial charge in [-0.2, -0.15) is 5.10 Å². The number of nitrogens with one attached hydrogen (secondary N) is 3. The number of hydrogen-bond donors (Lipinski definition) is 3. The number of alkyl halides is 2. The molecule has 10 heteroatoms. The number of benzene rings is 1. The molecule has 196 valence electrons. The quantitative estimate of drug-likeness (QED) is 0.405. The summed E-state index contributed by atoms with van der Waals surface area (Å²) in [6, 6.07) is 7.07. The average molecular weight is 511 g/mol. The van der Waals surface area contributed by atoms with Gasteiger partial charge in [-0.05, 0) is 80.5 Å². The van der Waals surface area contributed by atoms with Crippen LogP contribution in [0.15, 0.2) is 30.5 Å². The predicted octanol–water partition coefficient (Wildman–Crippen LogP) is 4.00. The van der Waals surface area contributed by atoms with Gasteiger partial charge in [0.1, 0.15) is 11.5 Å². The van der Waals surface area contributed by atoms with Crippen molar-refractivity contribution in [2.45, 2.75) is 64.0 Å². The topological polar surface area (TPSA) is 105 Å². The largest absolute Gasteiger partial charge is 0.350 e. The summed E-state index contributed by atoms with van der Waals surface area (Å²) in [6.07, 6.45) is 6.09. The first-order valence-electron chi connectivity index (χ1n) is 13.3. The molecule has 0 spiro atoms. The second-order valence-electron chi connectivity index (χ2n) is 10.9. The van der Waals surface area contributed by atoms with Crippen molar-refractivity contribution >= 4 is 22.8 Å². The van der Waals surface area contributed by atoms with Gasteiger partial charge in [-0.1, -0.05) is 6.07 Å². The fourth-order valence-corrected chi connectivity index (χ4v) is 5.92. The predicted molar refractivity (Wildman–Crippen MR) is 133 cm³/mol. The highest BCUT2D eigenvalue weighted by atomic mass is 19.3. The lowest BCUT2D eigenvalue weighted by Crippen LogP contribution is -2.48. The van der Waals surface area contributed by atoms with Crippen molar-refractivity contribution in [3.8, 4) is 0 Å². The highest BCUT2D eigenvalue weighted by Gasteiger charge is 2.47. The molecule has 37 heavy (non-hydrogen) atoms. The number of carbonyl (C=O) groups is 2. The smallest absolute Gasteiger partial charge is 0.270 e. The summed E-state index contributed by atoms with van der Waals surface area (Å²) < 4.78 is 29.4. The maximum Gasteiger partial charge on any atom is 0.270 e. The monoisotopic (exact) mass is 510 g/mol. The number of aromatic amines is 1.